The fourth-order valence-electron chi connectivity index (χ4n) is 2.38. The van der Waals surface area contributed by atoms with Crippen LogP contribution < -0.4 is 15.5 Å². The summed E-state index contributed by atoms with van der Waals surface area (Å²) in [7, 11) is 3.65. The Morgan fingerprint density at radius 3 is 2.68 bits per heavy atom. The van der Waals surface area contributed by atoms with Gasteiger partial charge >= 0.3 is 0 Å². The standard InChI is InChI=1S/C19H26FN5/c1-4-21-19(23-12-10-16-7-5-6-11-22-16)24-14-15-8-9-18(25(2)3)17(20)13-15/h5-9,11,13H,4,10,12,14H2,1-3H3,(H2,21,23,24). The normalized spacial score (nSPS) is 11.3. The second-order valence-electron chi connectivity index (χ2n) is 5.87. The van der Waals surface area contributed by atoms with Crippen LogP contribution in [0.25, 0.3) is 0 Å². The highest BCUT2D eigenvalue weighted by atomic mass is 19.1. The average Bonchev–Trinajstić information content (AvgIpc) is 2.60. The van der Waals surface area contributed by atoms with Gasteiger partial charge in [0.2, 0.25) is 0 Å². The first-order valence-electron chi connectivity index (χ1n) is 8.48. The number of halogens is 1. The molecule has 6 heteroatoms. The largest absolute Gasteiger partial charge is 0.375 e. The number of aromatic nitrogens is 1. The number of guanidine groups is 1. The van der Waals surface area contributed by atoms with E-state index in [-0.39, 0.29) is 5.82 Å². The van der Waals surface area contributed by atoms with E-state index in [0.29, 0.717) is 12.2 Å². The molecule has 0 saturated heterocycles. The SMILES string of the molecule is CCNC(=NCc1ccc(N(C)C)c(F)c1)NCCc1ccccn1. The van der Waals surface area contributed by atoms with E-state index in [1.54, 1.807) is 17.2 Å². The van der Waals surface area contributed by atoms with E-state index in [1.807, 2.05) is 45.3 Å². The predicted octanol–water partition coefficient (Wildman–Crippen LogP) is 2.58. The number of pyridine rings is 1. The molecule has 25 heavy (non-hydrogen) atoms. The molecule has 1 heterocycles. The van der Waals surface area contributed by atoms with Gasteiger partial charge in [-0.1, -0.05) is 12.1 Å². The number of nitrogens with zero attached hydrogens (tertiary/aromatic N) is 3. The first-order valence-corrected chi connectivity index (χ1v) is 8.48. The molecule has 2 rings (SSSR count). The van der Waals surface area contributed by atoms with Crippen LogP contribution in [0.5, 0.6) is 0 Å². The second kappa shape index (κ2) is 9.61. The summed E-state index contributed by atoms with van der Waals surface area (Å²) < 4.78 is 14.0. The molecule has 0 atom stereocenters. The smallest absolute Gasteiger partial charge is 0.191 e. The molecule has 0 unspecified atom stereocenters. The van der Waals surface area contributed by atoms with Crippen molar-refractivity contribution in [3.05, 3.63) is 59.7 Å². The molecule has 0 radical (unpaired) electrons. The van der Waals surface area contributed by atoms with Crippen molar-refractivity contribution in [1.29, 1.82) is 0 Å². The summed E-state index contributed by atoms with van der Waals surface area (Å²) in [6.07, 6.45) is 2.61. The van der Waals surface area contributed by atoms with Crippen LogP contribution in [0.4, 0.5) is 10.1 Å². The zero-order chi connectivity index (χ0) is 18.1. The van der Waals surface area contributed by atoms with Gasteiger partial charge in [-0.05, 0) is 36.8 Å². The first-order chi connectivity index (χ1) is 12.1. The molecule has 2 aromatic rings. The summed E-state index contributed by atoms with van der Waals surface area (Å²) in [5, 5.41) is 6.48. The summed E-state index contributed by atoms with van der Waals surface area (Å²) >= 11 is 0. The highest BCUT2D eigenvalue weighted by molar-refractivity contribution is 5.79. The van der Waals surface area contributed by atoms with E-state index in [0.717, 1.165) is 36.7 Å². The summed E-state index contributed by atoms with van der Waals surface area (Å²) in [4.78, 5) is 10.6. The fourth-order valence-corrected chi connectivity index (χ4v) is 2.38. The molecule has 0 aliphatic rings. The maximum Gasteiger partial charge on any atom is 0.191 e. The highest BCUT2D eigenvalue weighted by Crippen LogP contribution is 2.18. The molecule has 0 bridgehead atoms. The van der Waals surface area contributed by atoms with Crippen molar-refractivity contribution in [2.24, 2.45) is 4.99 Å². The Morgan fingerprint density at radius 2 is 2.04 bits per heavy atom. The lowest BCUT2D eigenvalue weighted by molar-refractivity contribution is 0.624. The van der Waals surface area contributed by atoms with Gasteiger partial charge in [-0.25, -0.2) is 9.38 Å². The van der Waals surface area contributed by atoms with E-state index >= 15 is 0 Å². The molecule has 5 nitrogen and oxygen atoms in total. The minimum atomic E-state index is -0.231. The van der Waals surface area contributed by atoms with Crippen molar-refractivity contribution in [2.75, 3.05) is 32.1 Å². The molecule has 1 aromatic carbocycles. The number of rotatable bonds is 7. The summed E-state index contributed by atoms with van der Waals surface area (Å²) in [6, 6.07) is 11.1. The molecule has 0 saturated carbocycles. The number of aliphatic imine (C=N–C) groups is 1. The molecule has 1 aromatic heterocycles. The van der Waals surface area contributed by atoms with Gasteiger partial charge in [-0.2, -0.15) is 0 Å². The molecule has 0 aliphatic heterocycles. The van der Waals surface area contributed by atoms with Gasteiger partial charge in [-0.3, -0.25) is 4.98 Å². The summed E-state index contributed by atoms with van der Waals surface area (Å²) in [5.41, 5.74) is 2.45. The van der Waals surface area contributed by atoms with E-state index in [9.17, 15) is 4.39 Å². The predicted molar refractivity (Wildman–Crippen MR) is 101 cm³/mol. The highest BCUT2D eigenvalue weighted by Gasteiger charge is 2.05. The average molecular weight is 343 g/mol. The van der Waals surface area contributed by atoms with Crippen LogP contribution in [-0.4, -0.2) is 38.1 Å². The van der Waals surface area contributed by atoms with Crippen LogP contribution in [-0.2, 0) is 13.0 Å². The number of benzene rings is 1. The Morgan fingerprint density at radius 1 is 1.20 bits per heavy atom. The zero-order valence-electron chi connectivity index (χ0n) is 15.1. The number of nitrogens with one attached hydrogen (secondary N) is 2. The van der Waals surface area contributed by atoms with E-state index in [2.05, 4.69) is 20.6 Å². The monoisotopic (exact) mass is 343 g/mol. The van der Waals surface area contributed by atoms with Gasteiger partial charge in [-0.15, -0.1) is 0 Å². The maximum absolute atomic E-state index is 14.0. The third kappa shape index (κ3) is 6.06. The second-order valence-corrected chi connectivity index (χ2v) is 5.87. The Hall–Kier alpha value is -2.63. The van der Waals surface area contributed by atoms with Gasteiger partial charge in [0.1, 0.15) is 5.82 Å². The lowest BCUT2D eigenvalue weighted by Gasteiger charge is -2.14. The summed E-state index contributed by atoms with van der Waals surface area (Å²) in [5.74, 6) is 0.487. The van der Waals surface area contributed by atoms with E-state index in [4.69, 9.17) is 0 Å². The fraction of sp³-hybridized carbons (Fsp3) is 0.368. The van der Waals surface area contributed by atoms with Crippen LogP contribution in [0.3, 0.4) is 0 Å². The Balaban J connectivity index is 1.93. The van der Waals surface area contributed by atoms with Gasteiger partial charge < -0.3 is 15.5 Å². The topological polar surface area (TPSA) is 52.6 Å². The van der Waals surface area contributed by atoms with Crippen LogP contribution in [0.15, 0.2) is 47.6 Å². The van der Waals surface area contributed by atoms with Crippen LogP contribution in [0.1, 0.15) is 18.2 Å². The third-order valence-electron chi connectivity index (χ3n) is 3.66. The molecular formula is C19H26FN5. The molecule has 134 valence electrons. The van der Waals surface area contributed by atoms with E-state index in [1.165, 1.54) is 6.07 Å². The van der Waals surface area contributed by atoms with Gasteiger partial charge in [0, 0.05) is 45.5 Å². The van der Waals surface area contributed by atoms with Crippen molar-refractivity contribution in [2.45, 2.75) is 19.9 Å². The minimum Gasteiger partial charge on any atom is -0.375 e. The number of hydrogen-bond acceptors (Lipinski definition) is 3. The van der Waals surface area contributed by atoms with Gasteiger partial charge in [0.25, 0.3) is 0 Å². The molecular weight excluding hydrogens is 317 g/mol. The first kappa shape index (κ1) is 18.7. The van der Waals surface area contributed by atoms with Crippen LogP contribution in [0, 0.1) is 5.82 Å². The van der Waals surface area contributed by atoms with Crippen LogP contribution >= 0.6 is 0 Å². The Bertz CT molecular complexity index is 685. The lowest BCUT2D eigenvalue weighted by Crippen LogP contribution is -2.38. The number of anilines is 1. The molecule has 0 fully saturated rings. The van der Waals surface area contributed by atoms with Crippen molar-refractivity contribution >= 4 is 11.6 Å². The molecule has 2 N–H and O–H groups in total. The molecule has 0 amide bonds. The summed E-state index contributed by atoms with van der Waals surface area (Å²) in [6.45, 7) is 3.94. The van der Waals surface area contributed by atoms with E-state index < -0.39 is 0 Å². The molecule has 0 aliphatic carbocycles. The third-order valence-corrected chi connectivity index (χ3v) is 3.66. The number of hydrogen-bond donors (Lipinski definition) is 2. The van der Waals surface area contributed by atoms with Crippen molar-refractivity contribution in [3.8, 4) is 0 Å². The maximum atomic E-state index is 14.0. The van der Waals surface area contributed by atoms with Crippen molar-refractivity contribution in [1.82, 2.24) is 15.6 Å². The molecule has 0 spiro atoms. The lowest BCUT2D eigenvalue weighted by atomic mass is 10.2. The quantitative estimate of drug-likeness (QED) is 0.599. The Labute approximate surface area is 149 Å². The Kier molecular flexibility index (Phi) is 7.19. The van der Waals surface area contributed by atoms with Crippen LogP contribution in [0.2, 0.25) is 0 Å². The van der Waals surface area contributed by atoms with Gasteiger partial charge in [0.15, 0.2) is 5.96 Å². The minimum absolute atomic E-state index is 0.231. The van der Waals surface area contributed by atoms with Crippen molar-refractivity contribution < 1.29 is 4.39 Å². The van der Waals surface area contributed by atoms with Gasteiger partial charge in [0.05, 0.1) is 12.2 Å². The zero-order valence-corrected chi connectivity index (χ0v) is 15.1. The van der Waals surface area contributed by atoms with Crippen molar-refractivity contribution in [3.63, 3.8) is 0 Å².